The summed E-state index contributed by atoms with van der Waals surface area (Å²) in [4.78, 5) is 18.3. The van der Waals surface area contributed by atoms with Gasteiger partial charge in [-0.15, -0.1) is 0 Å². The lowest BCUT2D eigenvalue weighted by atomic mass is 10.1. The molecule has 0 unspecified atom stereocenters. The summed E-state index contributed by atoms with van der Waals surface area (Å²) < 4.78 is 5.90. The van der Waals surface area contributed by atoms with E-state index in [0.717, 1.165) is 23.5 Å². The molecule has 0 spiro atoms. The maximum absolute atomic E-state index is 12.5. The van der Waals surface area contributed by atoms with Crippen molar-refractivity contribution in [2.45, 2.75) is 32.4 Å². The van der Waals surface area contributed by atoms with Gasteiger partial charge in [0.2, 0.25) is 0 Å². The number of hydrogen-bond acceptors (Lipinski definition) is 3. The lowest BCUT2D eigenvalue weighted by Crippen LogP contribution is -2.38. The first kappa shape index (κ1) is 17.3. The third kappa shape index (κ3) is 4.72. The normalized spacial score (nSPS) is 14.6. The molecule has 132 valence electrons. The molecule has 1 aliphatic carbocycles. The van der Waals surface area contributed by atoms with Crippen LogP contribution in [0.2, 0.25) is 0 Å². The first-order chi connectivity index (χ1) is 12.1. The molecule has 5 heteroatoms. The van der Waals surface area contributed by atoms with Crippen LogP contribution in [0.3, 0.4) is 0 Å². The van der Waals surface area contributed by atoms with Crippen LogP contribution in [0.5, 0.6) is 5.75 Å². The van der Waals surface area contributed by atoms with Crippen LogP contribution in [0.15, 0.2) is 48.8 Å². The van der Waals surface area contributed by atoms with Gasteiger partial charge >= 0.3 is 6.03 Å². The summed E-state index contributed by atoms with van der Waals surface area (Å²) in [6, 6.07) is 11.6. The minimum Gasteiger partial charge on any atom is -0.493 e. The molecular formula is C20H25N3O2. The van der Waals surface area contributed by atoms with Gasteiger partial charge in [-0.05, 0) is 43.4 Å². The van der Waals surface area contributed by atoms with Crippen molar-refractivity contribution >= 4 is 6.03 Å². The average Bonchev–Trinajstić information content (AvgIpc) is 3.49. The van der Waals surface area contributed by atoms with Crippen molar-refractivity contribution < 1.29 is 9.53 Å². The molecule has 0 radical (unpaired) electrons. The molecule has 1 heterocycles. The van der Waals surface area contributed by atoms with Gasteiger partial charge < -0.3 is 15.0 Å². The van der Waals surface area contributed by atoms with Crippen molar-refractivity contribution in [3.8, 4) is 5.75 Å². The van der Waals surface area contributed by atoms with Crippen molar-refractivity contribution in [1.82, 2.24) is 15.2 Å². The van der Waals surface area contributed by atoms with Gasteiger partial charge in [-0.2, -0.15) is 0 Å². The van der Waals surface area contributed by atoms with Crippen molar-refractivity contribution in [1.29, 1.82) is 0 Å². The summed E-state index contributed by atoms with van der Waals surface area (Å²) in [6.45, 7) is 3.20. The lowest BCUT2D eigenvalue weighted by Gasteiger charge is -2.25. The number of nitrogens with one attached hydrogen (secondary N) is 1. The van der Waals surface area contributed by atoms with Gasteiger partial charge in [0.1, 0.15) is 5.75 Å². The minimum atomic E-state index is -0.117. The summed E-state index contributed by atoms with van der Waals surface area (Å²) in [5.74, 6) is 1.56. The van der Waals surface area contributed by atoms with E-state index in [4.69, 9.17) is 4.74 Å². The maximum Gasteiger partial charge on any atom is 0.317 e. The van der Waals surface area contributed by atoms with E-state index in [1.54, 1.807) is 24.3 Å². The Kier molecular flexibility index (Phi) is 5.53. The molecule has 2 aromatic rings. The number of hydrogen-bond donors (Lipinski definition) is 1. The molecule has 1 saturated carbocycles. The van der Waals surface area contributed by atoms with Crippen molar-refractivity contribution in [2.24, 2.45) is 5.92 Å². The number of benzene rings is 1. The molecule has 5 nitrogen and oxygen atoms in total. The van der Waals surface area contributed by atoms with Crippen LogP contribution in [0, 0.1) is 5.92 Å². The number of aromatic nitrogens is 1. The van der Waals surface area contributed by atoms with E-state index in [2.05, 4.69) is 10.3 Å². The van der Waals surface area contributed by atoms with E-state index in [9.17, 15) is 4.79 Å². The summed E-state index contributed by atoms with van der Waals surface area (Å²) in [7, 11) is 1.79. The zero-order valence-corrected chi connectivity index (χ0v) is 14.8. The van der Waals surface area contributed by atoms with E-state index in [1.807, 2.05) is 43.3 Å². The van der Waals surface area contributed by atoms with E-state index in [1.165, 1.54) is 12.8 Å². The quantitative estimate of drug-likeness (QED) is 0.835. The van der Waals surface area contributed by atoms with Crippen LogP contribution in [0.4, 0.5) is 4.79 Å². The third-order valence-electron chi connectivity index (χ3n) is 4.64. The molecule has 0 saturated heterocycles. The summed E-state index contributed by atoms with van der Waals surface area (Å²) in [5.41, 5.74) is 2.01. The van der Waals surface area contributed by atoms with Gasteiger partial charge in [0.05, 0.1) is 12.6 Å². The molecule has 3 rings (SSSR count). The zero-order valence-electron chi connectivity index (χ0n) is 14.8. The Balaban J connectivity index is 1.56. The highest BCUT2D eigenvalue weighted by Gasteiger charge is 2.22. The SMILES string of the molecule is C[C@H](c1cccnc1)N(C)C(=O)NCc1ccccc1OCC1CC1. The summed E-state index contributed by atoms with van der Waals surface area (Å²) in [6.07, 6.45) is 6.04. The van der Waals surface area contributed by atoms with Gasteiger partial charge in [-0.25, -0.2) is 4.79 Å². The molecule has 0 aliphatic heterocycles. The monoisotopic (exact) mass is 339 g/mol. The Labute approximate surface area is 149 Å². The number of carbonyl (C=O) groups is 1. The Morgan fingerprint density at radius 1 is 1.32 bits per heavy atom. The van der Waals surface area contributed by atoms with Gasteiger partial charge in [0.15, 0.2) is 0 Å². The van der Waals surface area contributed by atoms with Gasteiger partial charge in [-0.3, -0.25) is 4.98 Å². The fourth-order valence-corrected chi connectivity index (χ4v) is 2.60. The zero-order chi connectivity index (χ0) is 17.6. The van der Waals surface area contributed by atoms with Crippen molar-refractivity contribution in [3.05, 3.63) is 59.9 Å². The van der Waals surface area contributed by atoms with Gasteiger partial charge in [0, 0.05) is 31.5 Å². The fourth-order valence-electron chi connectivity index (χ4n) is 2.60. The Morgan fingerprint density at radius 3 is 2.84 bits per heavy atom. The molecule has 1 atom stereocenters. The first-order valence-electron chi connectivity index (χ1n) is 8.76. The van der Waals surface area contributed by atoms with Crippen LogP contribution >= 0.6 is 0 Å². The summed E-state index contributed by atoms with van der Waals surface area (Å²) >= 11 is 0. The molecule has 1 fully saturated rings. The fraction of sp³-hybridized carbons (Fsp3) is 0.400. The second kappa shape index (κ2) is 8.01. The first-order valence-corrected chi connectivity index (χ1v) is 8.76. The highest BCUT2D eigenvalue weighted by molar-refractivity contribution is 5.74. The van der Waals surface area contributed by atoms with Crippen molar-refractivity contribution in [3.63, 3.8) is 0 Å². The number of amides is 2. The molecule has 1 aliphatic rings. The van der Waals surface area contributed by atoms with Gasteiger partial charge in [0.25, 0.3) is 0 Å². The molecule has 25 heavy (non-hydrogen) atoms. The summed E-state index contributed by atoms with van der Waals surface area (Å²) in [5, 5.41) is 2.98. The highest BCUT2D eigenvalue weighted by Crippen LogP contribution is 2.30. The second-order valence-electron chi connectivity index (χ2n) is 6.59. The van der Waals surface area contributed by atoms with Crippen molar-refractivity contribution in [2.75, 3.05) is 13.7 Å². The predicted molar refractivity (Wildman–Crippen MR) is 97.3 cm³/mol. The predicted octanol–water partition coefficient (Wildman–Crippen LogP) is 3.77. The number of para-hydroxylation sites is 1. The van der Waals surface area contributed by atoms with E-state index >= 15 is 0 Å². The third-order valence-corrected chi connectivity index (χ3v) is 4.64. The van der Waals surface area contributed by atoms with Gasteiger partial charge in [-0.1, -0.05) is 24.3 Å². The van der Waals surface area contributed by atoms with E-state index in [-0.39, 0.29) is 12.1 Å². The molecular weight excluding hydrogens is 314 g/mol. The smallest absolute Gasteiger partial charge is 0.317 e. The Bertz CT molecular complexity index is 701. The molecule has 1 N–H and O–H groups in total. The number of rotatable bonds is 7. The molecule has 1 aromatic carbocycles. The minimum absolute atomic E-state index is 0.0462. The standard InChI is InChI=1S/C20H25N3O2/c1-15(17-7-5-11-21-12-17)23(2)20(24)22-13-18-6-3-4-8-19(18)25-14-16-9-10-16/h3-8,11-12,15-16H,9-10,13-14H2,1-2H3,(H,22,24)/t15-/m1/s1. The van der Waals surface area contributed by atoms with E-state index < -0.39 is 0 Å². The average molecular weight is 339 g/mol. The van der Waals surface area contributed by atoms with Crippen LogP contribution < -0.4 is 10.1 Å². The largest absolute Gasteiger partial charge is 0.493 e. The lowest BCUT2D eigenvalue weighted by molar-refractivity contribution is 0.193. The second-order valence-corrected chi connectivity index (χ2v) is 6.59. The number of urea groups is 1. The number of nitrogens with zero attached hydrogens (tertiary/aromatic N) is 2. The number of carbonyl (C=O) groups excluding carboxylic acids is 1. The topological polar surface area (TPSA) is 54.5 Å². The molecule has 2 amide bonds. The number of ether oxygens (including phenoxy) is 1. The van der Waals surface area contributed by atoms with Crippen LogP contribution in [-0.2, 0) is 6.54 Å². The highest BCUT2D eigenvalue weighted by atomic mass is 16.5. The molecule has 1 aromatic heterocycles. The number of pyridine rings is 1. The molecule has 0 bridgehead atoms. The van der Waals surface area contributed by atoms with E-state index in [0.29, 0.717) is 12.5 Å². The van der Waals surface area contributed by atoms with Crippen LogP contribution in [0.1, 0.15) is 36.9 Å². The van der Waals surface area contributed by atoms with Crippen LogP contribution in [0.25, 0.3) is 0 Å². The van der Waals surface area contributed by atoms with Crippen LogP contribution in [-0.4, -0.2) is 29.6 Å². The Morgan fingerprint density at radius 2 is 2.12 bits per heavy atom. The maximum atomic E-state index is 12.5. The Hall–Kier alpha value is -2.56.